The Morgan fingerprint density at radius 1 is 1.19 bits per heavy atom. The molecule has 0 atom stereocenters. The van der Waals surface area contributed by atoms with E-state index in [2.05, 4.69) is 14.4 Å². The quantitative estimate of drug-likeness (QED) is 0.700. The van der Waals surface area contributed by atoms with Crippen LogP contribution in [-0.4, -0.2) is 45.6 Å². The Bertz CT molecular complexity index is 860. The molecule has 116 valence electrons. The van der Waals surface area contributed by atoms with Crippen molar-refractivity contribution >= 4 is 37.3 Å². The zero-order valence-electron chi connectivity index (χ0n) is 10.9. The van der Waals surface area contributed by atoms with Crippen molar-refractivity contribution in [2.45, 2.75) is 5.03 Å². The third kappa shape index (κ3) is 3.92. The maximum absolute atomic E-state index is 12.2. The van der Waals surface area contributed by atoms with Gasteiger partial charge in [0.1, 0.15) is 5.65 Å². The van der Waals surface area contributed by atoms with Gasteiger partial charge in [-0.1, -0.05) is 17.7 Å². The van der Waals surface area contributed by atoms with Gasteiger partial charge in [0, 0.05) is 19.3 Å². The number of imidazole rings is 1. The zero-order chi connectivity index (χ0) is 15.7. The molecule has 11 heteroatoms. The van der Waals surface area contributed by atoms with E-state index in [4.69, 9.17) is 11.6 Å². The number of halogens is 1. The number of nitrogens with one attached hydrogen (secondary N) is 2. The van der Waals surface area contributed by atoms with Crippen LogP contribution in [-0.2, 0) is 20.0 Å². The standard InChI is InChI=1S/C10H13ClN4O4S2/c1-20(16,17)12-5-6-13-21(18,19)10-9(11)14-8-4-2-3-7-15(8)10/h2-4,7,12-13H,5-6H2,1H3. The molecule has 8 nitrogen and oxygen atoms in total. The van der Waals surface area contributed by atoms with Crippen molar-refractivity contribution in [1.82, 2.24) is 18.8 Å². The minimum absolute atomic E-state index is 0.0631. The van der Waals surface area contributed by atoms with Gasteiger partial charge in [-0.2, -0.15) is 0 Å². The van der Waals surface area contributed by atoms with E-state index in [9.17, 15) is 16.8 Å². The van der Waals surface area contributed by atoms with Gasteiger partial charge in [-0.15, -0.1) is 0 Å². The Morgan fingerprint density at radius 2 is 1.86 bits per heavy atom. The second-order valence-corrected chi connectivity index (χ2v) is 8.07. The van der Waals surface area contributed by atoms with Crippen LogP contribution in [0.1, 0.15) is 0 Å². The fourth-order valence-electron chi connectivity index (χ4n) is 1.68. The summed E-state index contributed by atoms with van der Waals surface area (Å²) in [5.74, 6) is 0. The van der Waals surface area contributed by atoms with Crippen LogP contribution in [0.3, 0.4) is 0 Å². The lowest BCUT2D eigenvalue weighted by Crippen LogP contribution is -2.34. The molecule has 2 N–H and O–H groups in total. The number of rotatable bonds is 6. The van der Waals surface area contributed by atoms with Gasteiger partial charge < -0.3 is 0 Å². The van der Waals surface area contributed by atoms with Gasteiger partial charge >= 0.3 is 0 Å². The van der Waals surface area contributed by atoms with Gasteiger partial charge in [0.2, 0.25) is 10.0 Å². The highest BCUT2D eigenvalue weighted by Crippen LogP contribution is 2.21. The van der Waals surface area contributed by atoms with Gasteiger partial charge in [0.15, 0.2) is 10.2 Å². The largest absolute Gasteiger partial charge is 0.288 e. The van der Waals surface area contributed by atoms with Crippen molar-refractivity contribution in [1.29, 1.82) is 0 Å². The van der Waals surface area contributed by atoms with Crippen molar-refractivity contribution < 1.29 is 16.8 Å². The minimum atomic E-state index is -3.91. The molecule has 0 saturated carbocycles. The molecule has 0 bridgehead atoms. The molecule has 0 amide bonds. The van der Waals surface area contributed by atoms with Crippen LogP contribution in [0.15, 0.2) is 29.4 Å². The summed E-state index contributed by atoms with van der Waals surface area (Å²) in [7, 11) is -7.28. The first-order chi connectivity index (χ1) is 9.71. The van der Waals surface area contributed by atoms with E-state index in [1.165, 1.54) is 10.6 Å². The van der Waals surface area contributed by atoms with Gasteiger partial charge in [0.05, 0.1) is 6.26 Å². The number of hydrogen-bond acceptors (Lipinski definition) is 5. The summed E-state index contributed by atoms with van der Waals surface area (Å²) in [6.07, 6.45) is 2.51. The molecule has 0 aliphatic rings. The predicted octanol–water partition coefficient (Wildman–Crippen LogP) is -0.185. The van der Waals surface area contributed by atoms with Crippen LogP contribution < -0.4 is 9.44 Å². The molecular weight excluding hydrogens is 340 g/mol. The lowest BCUT2D eigenvalue weighted by atomic mass is 10.5. The average molecular weight is 353 g/mol. The SMILES string of the molecule is CS(=O)(=O)NCCNS(=O)(=O)c1c(Cl)nc2ccccn12. The molecule has 0 aliphatic carbocycles. The second-order valence-electron chi connectivity index (χ2n) is 4.20. The average Bonchev–Trinajstić information content (AvgIpc) is 2.70. The minimum Gasteiger partial charge on any atom is -0.288 e. The lowest BCUT2D eigenvalue weighted by Gasteiger charge is -2.07. The maximum atomic E-state index is 12.2. The molecule has 0 radical (unpaired) electrons. The molecule has 0 unspecified atom stereocenters. The maximum Gasteiger partial charge on any atom is 0.259 e. The lowest BCUT2D eigenvalue weighted by molar-refractivity contribution is 0.570. The second kappa shape index (κ2) is 5.89. The summed E-state index contributed by atoms with van der Waals surface area (Å²) >= 11 is 5.87. The van der Waals surface area contributed by atoms with E-state index < -0.39 is 20.0 Å². The van der Waals surface area contributed by atoms with E-state index >= 15 is 0 Å². The number of pyridine rings is 1. The normalized spacial score (nSPS) is 12.9. The van der Waals surface area contributed by atoms with Gasteiger partial charge in [0.25, 0.3) is 10.0 Å². The number of hydrogen-bond donors (Lipinski definition) is 2. The third-order valence-electron chi connectivity index (χ3n) is 2.48. The van der Waals surface area contributed by atoms with Crippen molar-refractivity contribution in [3.63, 3.8) is 0 Å². The molecule has 2 heterocycles. The summed E-state index contributed by atoms with van der Waals surface area (Å²) in [4.78, 5) is 3.94. The molecule has 2 rings (SSSR count). The molecule has 0 aliphatic heterocycles. The van der Waals surface area contributed by atoms with E-state index in [0.29, 0.717) is 5.65 Å². The molecular formula is C10H13ClN4O4S2. The van der Waals surface area contributed by atoms with Crippen LogP contribution >= 0.6 is 11.6 Å². The zero-order valence-corrected chi connectivity index (χ0v) is 13.3. The first-order valence-corrected chi connectivity index (χ1v) is 9.53. The highest BCUT2D eigenvalue weighted by Gasteiger charge is 2.23. The van der Waals surface area contributed by atoms with Crippen LogP contribution in [0.4, 0.5) is 0 Å². The van der Waals surface area contributed by atoms with Crippen molar-refractivity contribution in [2.75, 3.05) is 19.3 Å². The van der Waals surface area contributed by atoms with Crippen LogP contribution in [0.2, 0.25) is 5.15 Å². The Balaban J connectivity index is 2.20. The van der Waals surface area contributed by atoms with Crippen LogP contribution in [0.25, 0.3) is 5.65 Å². The van der Waals surface area contributed by atoms with E-state index in [1.807, 2.05) is 0 Å². The Labute approximate surface area is 127 Å². The van der Waals surface area contributed by atoms with Gasteiger partial charge in [-0.3, -0.25) is 4.40 Å². The Hall–Kier alpha value is -1.20. The first-order valence-electron chi connectivity index (χ1n) is 5.77. The van der Waals surface area contributed by atoms with Crippen molar-refractivity contribution in [2.24, 2.45) is 0 Å². The molecule has 0 spiro atoms. The monoisotopic (exact) mass is 352 g/mol. The third-order valence-corrected chi connectivity index (χ3v) is 5.07. The van der Waals surface area contributed by atoms with E-state index in [1.54, 1.807) is 18.2 Å². The highest BCUT2D eigenvalue weighted by molar-refractivity contribution is 7.89. The molecule has 21 heavy (non-hydrogen) atoms. The van der Waals surface area contributed by atoms with Gasteiger partial charge in [-0.25, -0.2) is 31.3 Å². The Morgan fingerprint density at radius 3 is 2.52 bits per heavy atom. The van der Waals surface area contributed by atoms with Crippen molar-refractivity contribution in [3.05, 3.63) is 29.5 Å². The van der Waals surface area contributed by atoms with Crippen LogP contribution in [0.5, 0.6) is 0 Å². The number of sulfonamides is 2. The summed E-state index contributed by atoms with van der Waals surface area (Å²) in [5.41, 5.74) is 0.400. The van der Waals surface area contributed by atoms with E-state index in [0.717, 1.165) is 6.26 Å². The first kappa shape index (κ1) is 16.2. The number of fused-ring (bicyclic) bond motifs is 1. The summed E-state index contributed by atoms with van der Waals surface area (Å²) < 4.78 is 52.0. The molecule has 2 aromatic rings. The molecule has 0 aromatic carbocycles. The molecule has 0 saturated heterocycles. The molecule has 0 fully saturated rings. The number of nitrogens with zero attached hydrogens (tertiary/aromatic N) is 2. The topological polar surface area (TPSA) is 110 Å². The van der Waals surface area contributed by atoms with Gasteiger partial charge in [-0.05, 0) is 12.1 Å². The number of aromatic nitrogens is 2. The summed E-state index contributed by atoms with van der Waals surface area (Å²) in [6, 6.07) is 4.98. The molecule has 2 aromatic heterocycles. The van der Waals surface area contributed by atoms with E-state index in [-0.39, 0.29) is 23.3 Å². The van der Waals surface area contributed by atoms with Crippen LogP contribution in [0, 0.1) is 0 Å². The fourth-order valence-corrected chi connectivity index (χ4v) is 3.82. The smallest absolute Gasteiger partial charge is 0.259 e. The fraction of sp³-hybridized carbons (Fsp3) is 0.300. The Kier molecular flexibility index (Phi) is 4.54. The van der Waals surface area contributed by atoms with Crippen molar-refractivity contribution in [3.8, 4) is 0 Å². The summed E-state index contributed by atoms with van der Waals surface area (Å²) in [5, 5.41) is -0.330. The predicted molar refractivity (Wildman–Crippen MR) is 78.2 cm³/mol. The highest BCUT2D eigenvalue weighted by atomic mass is 35.5. The summed E-state index contributed by atoms with van der Waals surface area (Å²) in [6.45, 7) is -0.168.